The number of nitrogens with zero attached hydrogens (tertiary/aromatic N) is 1. The van der Waals surface area contributed by atoms with Gasteiger partial charge in [-0.3, -0.25) is 4.90 Å². The maximum Gasteiger partial charge on any atom is 0.133 e. The van der Waals surface area contributed by atoms with Gasteiger partial charge in [-0.05, 0) is 49.9 Å². The van der Waals surface area contributed by atoms with Gasteiger partial charge in [-0.1, -0.05) is 0 Å². The van der Waals surface area contributed by atoms with E-state index in [1.54, 1.807) is 0 Å². The van der Waals surface area contributed by atoms with Crippen LogP contribution in [-0.2, 0) is 4.79 Å². The second-order valence-corrected chi connectivity index (χ2v) is 5.55. The topological polar surface area (TPSA) is 20.3 Å². The number of aldehydes is 1. The molecule has 2 atom stereocenters. The standard InChI is InChI=1S/C12H19NO/c14-2-1-13-8-11-4-9-3-10(5-11)7-12(13)6-9/h2,9-12H,1,3-8H2. The Labute approximate surface area is 85.7 Å². The van der Waals surface area contributed by atoms with Crippen molar-refractivity contribution in [2.24, 2.45) is 17.8 Å². The Kier molecular flexibility index (Phi) is 2.12. The molecule has 4 rings (SSSR count). The molecule has 2 unspecified atom stereocenters. The van der Waals surface area contributed by atoms with Crippen LogP contribution in [0.25, 0.3) is 0 Å². The summed E-state index contributed by atoms with van der Waals surface area (Å²) in [6.45, 7) is 1.89. The van der Waals surface area contributed by atoms with Crippen LogP contribution in [0.2, 0.25) is 0 Å². The molecule has 0 aromatic carbocycles. The van der Waals surface area contributed by atoms with E-state index in [1.807, 2.05) is 0 Å². The summed E-state index contributed by atoms with van der Waals surface area (Å²) >= 11 is 0. The summed E-state index contributed by atoms with van der Waals surface area (Å²) in [5.74, 6) is 2.90. The number of rotatable bonds is 2. The fraction of sp³-hybridized carbons (Fsp3) is 0.917. The van der Waals surface area contributed by atoms with Gasteiger partial charge in [-0.25, -0.2) is 0 Å². The van der Waals surface area contributed by atoms with Crippen molar-refractivity contribution < 1.29 is 4.79 Å². The molecule has 2 saturated carbocycles. The summed E-state index contributed by atoms with van der Waals surface area (Å²) in [6.07, 6.45) is 8.22. The third-order valence-electron chi connectivity index (χ3n) is 4.53. The molecule has 78 valence electrons. The molecule has 2 saturated heterocycles. The lowest BCUT2D eigenvalue weighted by Crippen LogP contribution is -2.39. The minimum Gasteiger partial charge on any atom is -0.302 e. The molecule has 4 aliphatic rings. The van der Waals surface area contributed by atoms with Gasteiger partial charge in [-0.15, -0.1) is 0 Å². The first-order valence-electron chi connectivity index (χ1n) is 6.03. The highest BCUT2D eigenvalue weighted by Crippen LogP contribution is 2.47. The van der Waals surface area contributed by atoms with Crippen LogP contribution in [0, 0.1) is 17.8 Å². The molecule has 2 aliphatic carbocycles. The largest absolute Gasteiger partial charge is 0.302 e. The van der Waals surface area contributed by atoms with Gasteiger partial charge in [-0.2, -0.15) is 0 Å². The smallest absolute Gasteiger partial charge is 0.133 e. The highest BCUT2D eigenvalue weighted by atomic mass is 16.1. The lowest BCUT2D eigenvalue weighted by Gasteiger charge is -2.38. The highest BCUT2D eigenvalue weighted by Gasteiger charge is 2.42. The number of fused-ring (bicyclic) bond motifs is 1. The van der Waals surface area contributed by atoms with Crippen molar-refractivity contribution in [1.29, 1.82) is 0 Å². The average Bonchev–Trinajstić information content (AvgIpc) is 2.32. The van der Waals surface area contributed by atoms with E-state index in [0.29, 0.717) is 6.54 Å². The van der Waals surface area contributed by atoms with Crippen LogP contribution >= 0.6 is 0 Å². The lowest BCUT2D eigenvalue weighted by molar-refractivity contribution is -0.109. The highest BCUT2D eigenvalue weighted by molar-refractivity contribution is 5.52. The van der Waals surface area contributed by atoms with Crippen LogP contribution in [0.5, 0.6) is 0 Å². The molecule has 0 aromatic heterocycles. The van der Waals surface area contributed by atoms with E-state index < -0.39 is 0 Å². The Morgan fingerprint density at radius 1 is 1.00 bits per heavy atom. The van der Waals surface area contributed by atoms with Crippen molar-refractivity contribution in [2.75, 3.05) is 13.1 Å². The SMILES string of the molecule is O=CCN1CC2CC3CC(C2)CC1C3. The second kappa shape index (κ2) is 3.34. The Balaban J connectivity index is 1.82. The van der Waals surface area contributed by atoms with Crippen LogP contribution in [0.15, 0.2) is 0 Å². The van der Waals surface area contributed by atoms with Gasteiger partial charge < -0.3 is 4.79 Å². The number of hydrogen-bond donors (Lipinski definition) is 0. The van der Waals surface area contributed by atoms with Crippen LogP contribution in [-0.4, -0.2) is 30.3 Å². The minimum absolute atomic E-state index is 0.681. The van der Waals surface area contributed by atoms with Crippen molar-refractivity contribution in [3.8, 4) is 0 Å². The molecule has 0 N–H and O–H groups in total. The van der Waals surface area contributed by atoms with Gasteiger partial charge in [0.2, 0.25) is 0 Å². The first-order valence-corrected chi connectivity index (χ1v) is 6.03. The van der Waals surface area contributed by atoms with E-state index in [1.165, 1.54) is 38.6 Å². The summed E-state index contributed by atoms with van der Waals surface area (Å²) in [7, 11) is 0. The lowest BCUT2D eigenvalue weighted by atomic mass is 9.68. The Morgan fingerprint density at radius 2 is 1.64 bits per heavy atom. The van der Waals surface area contributed by atoms with Gasteiger partial charge in [0.05, 0.1) is 6.54 Å². The molecule has 2 nitrogen and oxygen atoms in total. The normalized spacial score (nSPS) is 46.6. The number of hydrogen-bond acceptors (Lipinski definition) is 2. The zero-order valence-corrected chi connectivity index (χ0v) is 8.69. The maximum atomic E-state index is 10.6. The summed E-state index contributed by atoms with van der Waals surface area (Å²) in [5.41, 5.74) is 0. The van der Waals surface area contributed by atoms with Gasteiger partial charge in [0.25, 0.3) is 0 Å². The number of carbonyl (C=O) groups excluding carboxylic acids is 1. The fourth-order valence-electron chi connectivity index (χ4n) is 4.20. The van der Waals surface area contributed by atoms with Crippen LogP contribution in [0.3, 0.4) is 0 Å². The van der Waals surface area contributed by atoms with Crippen molar-refractivity contribution in [3.05, 3.63) is 0 Å². The van der Waals surface area contributed by atoms with Crippen LogP contribution < -0.4 is 0 Å². The molecule has 0 spiro atoms. The van der Waals surface area contributed by atoms with Crippen molar-refractivity contribution >= 4 is 6.29 Å². The predicted molar refractivity (Wildman–Crippen MR) is 55.0 cm³/mol. The van der Waals surface area contributed by atoms with Crippen LogP contribution in [0.4, 0.5) is 0 Å². The molecule has 2 heterocycles. The van der Waals surface area contributed by atoms with E-state index in [-0.39, 0.29) is 0 Å². The minimum atomic E-state index is 0.681. The van der Waals surface area contributed by atoms with Gasteiger partial charge in [0, 0.05) is 12.6 Å². The molecular weight excluding hydrogens is 174 g/mol. The Hall–Kier alpha value is -0.370. The van der Waals surface area contributed by atoms with E-state index >= 15 is 0 Å². The van der Waals surface area contributed by atoms with Gasteiger partial charge in [0.1, 0.15) is 6.29 Å². The zero-order valence-electron chi connectivity index (χ0n) is 8.69. The van der Waals surface area contributed by atoms with Crippen molar-refractivity contribution in [1.82, 2.24) is 4.90 Å². The van der Waals surface area contributed by atoms with E-state index in [2.05, 4.69) is 4.90 Å². The first-order chi connectivity index (χ1) is 6.85. The Bertz CT molecular complexity index is 226. The quantitative estimate of drug-likeness (QED) is 0.622. The predicted octanol–water partition coefficient (Wildman–Crippen LogP) is 1.70. The molecule has 0 radical (unpaired) electrons. The summed E-state index contributed by atoms with van der Waals surface area (Å²) in [5, 5.41) is 0. The summed E-state index contributed by atoms with van der Waals surface area (Å²) < 4.78 is 0. The second-order valence-electron chi connectivity index (χ2n) is 5.55. The third kappa shape index (κ3) is 1.40. The van der Waals surface area contributed by atoms with Crippen molar-refractivity contribution in [3.63, 3.8) is 0 Å². The van der Waals surface area contributed by atoms with Crippen LogP contribution in [0.1, 0.15) is 32.1 Å². The molecule has 14 heavy (non-hydrogen) atoms. The summed E-state index contributed by atoms with van der Waals surface area (Å²) in [4.78, 5) is 13.1. The van der Waals surface area contributed by atoms with Gasteiger partial charge in [0.15, 0.2) is 0 Å². The monoisotopic (exact) mass is 193 g/mol. The maximum absolute atomic E-state index is 10.6. The first kappa shape index (κ1) is 8.90. The number of carbonyl (C=O) groups is 1. The molecular formula is C12H19NO. The van der Waals surface area contributed by atoms with Gasteiger partial charge >= 0.3 is 0 Å². The zero-order chi connectivity index (χ0) is 9.54. The molecule has 0 amide bonds. The Morgan fingerprint density at radius 3 is 2.29 bits per heavy atom. The van der Waals surface area contributed by atoms with E-state index in [0.717, 1.165) is 30.1 Å². The average molecular weight is 193 g/mol. The van der Waals surface area contributed by atoms with E-state index in [9.17, 15) is 4.79 Å². The molecule has 2 aliphatic heterocycles. The van der Waals surface area contributed by atoms with E-state index in [4.69, 9.17) is 0 Å². The third-order valence-corrected chi connectivity index (χ3v) is 4.53. The molecule has 2 heteroatoms. The summed E-state index contributed by atoms with van der Waals surface area (Å²) in [6, 6.07) is 0.747. The molecule has 0 aromatic rings. The molecule has 4 fully saturated rings. The fourth-order valence-corrected chi connectivity index (χ4v) is 4.20. The molecule has 4 bridgehead atoms. The van der Waals surface area contributed by atoms with Crippen molar-refractivity contribution in [2.45, 2.75) is 38.1 Å².